The molecule has 24 heavy (non-hydrogen) atoms. The molecule has 0 bridgehead atoms. The lowest BCUT2D eigenvalue weighted by Crippen LogP contribution is -2.49. The van der Waals surface area contributed by atoms with Gasteiger partial charge in [-0.15, -0.1) is 0 Å². The van der Waals surface area contributed by atoms with Crippen LogP contribution in [-0.4, -0.2) is 54.4 Å². The summed E-state index contributed by atoms with van der Waals surface area (Å²) in [6, 6.07) is 0.0151. The highest BCUT2D eigenvalue weighted by Crippen LogP contribution is 2.20. The van der Waals surface area contributed by atoms with Gasteiger partial charge in [0.25, 0.3) is 0 Å². The number of carbonyl (C=O) groups is 1. The van der Waals surface area contributed by atoms with Crippen LogP contribution in [0.5, 0.6) is 0 Å². The van der Waals surface area contributed by atoms with Gasteiger partial charge in [0, 0.05) is 45.0 Å². The van der Waals surface area contributed by atoms with Gasteiger partial charge in [-0.25, -0.2) is 14.8 Å². The monoisotopic (exact) mass is 331 g/mol. The second-order valence-corrected chi connectivity index (χ2v) is 6.58. The zero-order valence-electron chi connectivity index (χ0n) is 14.3. The Balaban J connectivity index is 1.50. The lowest BCUT2D eigenvalue weighted by molar-refractivity contribution is 0.160. The molecule has 1 aliphatic rings. The van der Waals surface area contributed by atoms with Crippen molar-refractivity contribution in [1.29, 1.82) is 0 Å². The number of nitrogens with one attached hydrogen (secondary N) is 1. The fourth-order valence-electron chi connectivity index (χ4n) is 3.22. The number of imidazole rings is 1. The smallest absolute Gasteiger partial charge is 0.317 e. The second-order valence-electron chi connectivity index (χ2n) is 6.58. The van der Waals surface area contributed by atoms with E-state index in [1.54, 1.807) is 11.0 Å². The van der Waals surface area contributed by atoms with Gasteiger partial charge in [0.15, 0.2) is 0 Å². The maximum absolute atomic E-state index is 12.5. The van der Waals surface area contributed by atoms with Gasteiger partial charge in [-0.2, -0.15) is 5.10 Å². The number of amides is 2. The van der Waals surface area contributed by atoms with Crippen molar-refractivity contribution in [3.05, 3.63) is 30.9 Å². The number of nitrogens with zero attached hydrogens (tertiary/aromatic N) is 6. The van der Waals surface area contributed by atoms with Gasteiger partial charge in [-0.1, -0.05) is 0 Å². The molecule has 0 radical (unpaired) electrons. The average Bonchev–Trinajstić information content (AvgIpc) is 3.20. The van der Waals surface area contributed by atoms with Gasteiger partial charge < -0.3 is 14.8 Å². The molecular weight excluding hydrogens is 306 g/mol. The third-order valence-electron chi connectivity index (χ3n) is 4.50. The standard InChI is InChI=1S/C16H25N7O/c1-13(9-23-12-17-11-19-23)20-16(24)22-6-3-4-14(10-22)8-15-18-5-7-21(15)2/h5,7,11-14H,3-4,6,8-10H2,1-2H3,(H,20,24)/t13-,14+/m1/s1. The first kappa shape index (κ1) is 16.5. The molecule has 1 fully saturated rings. The molecule has 1 aliphatic heterocycles. The van der Waals surface area contributed by atoms with Crippen molar-refractivity contribution in [2.24, 2.45) is 13.0 Å². The van der Waals surface area contributed by atoms with Gasteiger partial charge in [-0.05, 0) is 25.7 Å². The van der Waals surface area contributed by atoms with Crippen molar-refractivity contribution < 1.29 is 4.79 Å². The largest absolute Gasteiger partial charge is 0.338 e. The van der Waals surface area contributed by atoms with Crippen molar-refractivity contribution >= 4 is 6.03 Å². The normalized spacial score (nSPS) is 19.2. The Kier molecular flexibility index (Phi) is 5.12. The van der Waals surface area contributed by atoms with E-state index in [0.717, 1.165) is 38.2 Å². The second kappa shape index (κ2) is 7.46. The Labute approximate surface area is 141 Å². The molecule has 0 aliphatic carbocycles. The third-order valence-corrected chi connectivity index (χ3v) is 4.50. The molecule has 0 spiro atoms. The van der Waals surface area contributed by atoms with Gasteiger partial charge in [-0.3, -0.25) is 4.68 Å². The van der Waals surface area contributed by atoms with Crippen molar-refractivity contribution in [2.45, 2.75) is 38.8 Å². The number of aryl methyl sites for hydroxylation is 1. The first-order valence-corrected chi connectivity index (χ1v) is 8.46. The van der Waals surface area contributed by atoms with Crippen LogP contribution in [0.1, 0.15) is 25.6 Å². The molecule has 3 rings (SSSR count). The number of rotatable bonds is 5. The summed E-state index contributed by atoms with van der Waals surface area (Å²) >= 11 is 0. The maximum atomic E-state index is 12.5. The lowest BCUT2D eigenvalue weighted by atomic mass is 9.94. The minimum Gasteiger partial charge on any atom is -0.338 e. The van der Waals surface area contributed by atoms with Gasteiger partial charge in [0.05, 0.1) is 6.54 Å². The first-order chi connectivity index (χ1) is 11.6. The number of likely N-dealkylation sites (tertiary alicyclic amines) is 1. The summed E-state index contributed by atoms with van der Waals surface area (Å²) in [7, 11) is 2.02. The summed E-state index contributed by atoms with van der Waals surface area (Å²) in [5.41, 5.74) is 0. The molecule has 130 valence electrons. The van der Waals surface area contributed by atoms with Crippen LogP contribution in [0.2, 0.25) is 0 Å². The molecule has 0 aromatic carbocycles. The SMILES string of the molecule is C[C@H](Cn1cncn1)NC(=O)N1CCC[C@@H](Cc2nccn2C)C1. The fourth-order valence-corrected chi connectivity index (χ4v) is 3.22. The summed E-state index contributed by atoms with van der Waals surface area (Å²) in [4.78, 5) is 22.7. The minimum absolute atomic E-state index is 0.00663. The molecule has 0 saturated carbocycles. The van der Waals surface area contributed by atoms with Crippen LogP contribution in [0.15, 0.2) is 25.0 Å². The van der Waals surface area contributed by atoms with E-state index in [-0.39, 0.29) is 12.1 Å². The topological polar surface area (TPSA) is 80.9 Å². The highest BCUT2D eigenvalue weighted by molar-refractivity contribution is 5.74. The number of hydrogen-bond acceptors (Lipinski definition) is 4. The van der Waals surface area contributed by atoms with Crippen LogP contribution >= 0.6 is 0 Å². The van der Waals surface area contributed by atoms with E-state index in [1.807, 2.05) is 31.3 Å². The summed E-state index contributed by atoms with van der Waals surface area (Å²) in [6.07, 6.45) is 10.1. The highest BCUT2D eigenvalue weighted by atomic mass is 16.2. The van der Waals surface area contributed by atoms with Crippen LogP contribution in [0.3, 0.4) is 0 Å². The third kappa shape index (κ3) is 4.12. The van der Waals surface area contributed by atoms with E-state index < -0.39 is 0 Å². The van der Waals surface area contributed by atoms with E-state index in [4.69, 9.17) is 0 Å². The number of carbonyl (C=O) groups excluding carboxylic acids is 1. The van der Waals surface area contributed by atoms with Crippen LogP contribution in [-0.2, 0) is 20.0 Å². The van der Waals surface area contributed by atoms with E-state index in [2.05, 4.69) is 25.0 Å². The summed E-state index contributed by atoms with van der Waals surface area (Å²) < 4.78 is 3.78. The van der Waals surface area contributed by atoms with E-state index in [9.17, 15) is 4.79 Å². The Hall–Kier alpha value is -2.38. The molecule has 1 N–H and O–H groups in total. The predicted molar refractivity (Wildman–Crippen MR) is 89.2 cm³/mol. The number of hydrogen-bond donors (Lipinski definition) is 1. The molecule has 0 unspecified atom stereocenters. The molecule has 2 aromatic rings. The summed E-state index contributed by atoms with van der Waals surface area (Å²) in [5.74, 6) is 1.55. The molecule has 8 nitrogen and oxygen atoms in total. The van der Waals surface area contributed by atoms with Crippen molar-refractivity contribution in [3.8, 4) is 0 Å². The Bertz CT molecular complexity index is 651. The minimum atomic E-state index is 0.00663. The maximum Gasteiger partial charge on any atom is 0.317 e. The molecule has 1 saturated heterocycles. The molecular formula is C16H25N7O. The Morgan fingerprint density at radius 1 is 1.50 bits per heavy atom. The van der Waals surface area contributed by atoms with Gasteiger partial charge >= 0.3 is 6.03 Å². The summed E-state index contributed by atoms with van der Waals surface area (Å²) in [5, 5.41) is 7.13. The highest BCUT2D eigenvalue weighted by Gasteiger charge is 2.25. The average molecular weight is 331 g/mol. The molecule has 3 heterocycles. The van der Waals surface area contributed by atoms with Crippen molar-refractivity contribution in [2.75, 3.05) is 13.1 Å². The van der Waals surface area contributed by atoms with Crippen LogP contribution in [0.25, 0.3) is 0 Å². The van der Waals surface area contributed by atoms with E-state index in [1.165, 1.54) is 6.33 Å². The Morgan fingerprint density at radius 3 is 3.08 bits per heavy atom. The predicted octanol–water partition coefficient (Wildman–Crippen LogP) is 1.06. The van der Waals surface area contributed by atoms with Gasteiger partial charge in [0.2, 0.25) is 0 Å². The zero-order valence-corrected chi connectivity index (χ0v) is 14.3. The first-order valence-electron chi connectivity index (χ1n) is 8.46. The van der Waals surface area contributed by atoms with Crippen LogP contribution in [0, 0.1) is 5.92 Å². The summed E-state index contributed by atoms with van der Waals surface area (Å²) in [6.45, 7) is 4.21. The number of piperidine rings is 1. The van der Waals surface area contributed by atoms with Crippen molar-refractivity contribution in [1.82, 2.24) is 34.5 Å². The number of aromatic nitrogens is 5. The van der Waals surface area contributed by atoms with E-state index in [0.29, 0.717) is 12.5 Å². The van der Waals surface area contributed by atoms with Gasteiger partial charge in [0.1, 0.15) is 18.5 Å². The zero-order chi connectivity index (χ0) is 16.9. The quantitative estimate of drug-likeness (QED) is 0.888. The molecule has 2 atom stereocenters. The van der Waals surface area contributed by atoms with Crippen molar-refractivity contribution in [3.63, 3.8) is 0 Å². The molecule has 8 heteroatoms. The Morgan fingerprint density at radius 2 is 2.38 bits per heavy atom. The fraction of sp³-hybridized carbons (Fsp3) is 0.625. The number of urea groups is 1. The lowest BCUT2D eigenvalue weighted by Gasteiger charge is -2.33. The molecule has 2 amide bonds. The van der Waals surface area contributed by atoms with E-state index >= 15 is 0 Å². The van der Waals surface area contributed by atoms with Crippen LogP contribution < -0.4 is 5.32 Å². The van der Waals surface area contributed by atoms with Crippen LogP contribution in [0.4, 0.5) is 4.79 Å². The molecule has 2 aromatic heterocycles.